The Morgan fingerprint density at radius 2 is 2.00 bits per heavy atom. The molecule has 2 rings (SSSR count). The maximum Gasteiger partial charge on any atom is 0.144 e. The lowest BCUT2D eigenvalue weighted by Crippen LogP contribution is -1.90. The minimum Gasteiger partial charge on any atom is -0.245 e. The number of halogens is 1. The number of nitriles is 1. The van der Waals surface area contributed by atoms with Gasteiger partial charge < -0.3 is 0 Å². The van der Waals surface area contributed by atoms with Crippen LogP contribution in [0.15, 0.2) is 47.5 Å². The first-order valence-corrected chi connectivity index (χ1v) is 6.00. The Balaban J connectivity index is 2.08. The fraction of sp³-hybridized carbons (Fsp3) is 0.0769. The van der Waals surface area contributed by atoms with Gasteiger partial charge in [0.15, 0.2) is 0 Å². The van der Waals surface area contributed by atoms with Crippen molar-refractivity contribution in [2.24, 2.45) is 0 Å². The van der Waals surface area contributed by atoms with Crippen LogP contribution in [0.1, 0.15) is 11.3 Å². The molecule has 0 fully saturated rings. The maximum absolute atomic E-state index is 12.7. The molecule has 0 saturated carbocycles. The van der Waals surface area contributed by atoms with Crippen LogP contribution in [-0.2, 0) is 5.75 Å². The summed E-state index contributed by atoms with van der Waals surface area (Å²) in [6.07, 6.45) is 1.60. The van der Waals surface area contributed by atoms with Gasteiger partial charge in [-0.3, -0.25) is 0 Å². The highest BCUT2D eigenvalue weighted by molar-refractivity contribution is 7.98. The van der Waals surface area contributed by atoms with E-state index in [-0.39, 0.29) is 5.82 Å². The first-order valence-electron chi connectivity index (χ1n) is 5.02. The number of aromatic nitrogens is 1. The Kier molecular flexibility index (Phi) is 3.73. The predicted octanol–water partition coefficient (Wildman–Crippen LogP) is 3.38. The summed E-state index contributed by atoms with van der Waals surface area (Å²) in [5.74, 6) is 0.413. The van der Waals surface area contributed by atoms with Gasteiger partial charge in [0.25, 0.3) is 0 Å². The molecule has 0 bridgehead atoms. The molecular formula is C13H9FN2S. The molecule has 0 unspecified atom stereocenters. The van der Waals surface area contributed by atoms with E-state index >= 15 is 0 Å². The number of thioether (sulfide) groups is 1. The molecule has 0 radical (unpaired) electrons. The Morgan fingerprint density at radius 1 is 1.24 bits per heavy atom. The number of hydrogen-bond donors (Lipinski definition) is 0. The zero-order valence-corrected chi connectivity index (χ0v) is 9.75. The van der Waals surface area contributed by atoms with Crippen LogP contribution in [0, 0.1) is 17.1 Å². The summed E-state index contributed by atoms with van der Waals surface area (Å²) in [7, 11) is 0. The van der Waals surface area contributed by atoms with Crippen molar-refractivity contribution in [1.29, 1.82) is 5.26 Å². The lowest BCUT2D eigenvalue weighted by molar-refractivity contribution is 0.626. The van der Waals surface area contributed by atoms with Gasteiger partial charge >= 0.3 is 0 Å². The number of benzene rings is 1. The number of nitrogens with zero attached hydrogens (tertiary/aromatic N) is 2. The summed E-state index contributed by atoms with van der Waals surface area (Å²) in [6.45, 7) is 0. The van der Waals surface area contributed by atoms with Crippen LogP contribution in [0.4, 0.5) is 4.39 Å². The Hall–Kier alpha value is -1.86. The largest absolute Gasteiger partial charge is 0.245 e. The van der Waals surface area contributed by atoms with E-state index in [0.717, 1.165) is 10.5 Å². The third-order valence-electron chi connectivity index (χ3n) is 2.21. The molecule has 1 heterocycles. The molecular weight excluding hydrogens is 235 g/mol. The summed E-state index contributed by atoms with van der Waals surface area (Å²) in [4.78, 5) is 4.96. The molecule has 1 aromatic heterocycles. The van der Waals surface area contributed by atoms with Crippen LogP contribution < -0.4 is 0 Å². The van der Waals surface area contributed by atoms with Gasteiger partial charge in [-0.25, -0.2) is 9.37 Å². The smallest absolute Gasteiger partial charge is 0.144 e. The van der Waals surface area contributed by atoms with Crippen molar-refractivity contribution in [2.45, 2.75) is 10.6 Å². The second kappa shape index (κ2) is 5.46. The van der Waals surface area contributed by atoms with Crippen LogP contribution >= 0.6 is 11.8 Å². The van der Waals surface area contributed by atoms with Crippen LogP contribution in [0.25, 0.3) is 0 Å². The first-order chi connectivity index (χ1) is 8.29. The van der Waals surface area contributed by atoms with Gasteiger partial charge in [-0.1, -0.05) is 6.07 Å². The predicted molar refractivity (Wildman–Crippen MR) is 64.9 cm³/mol. The molecule has 0 atom stereocenters. The van der Waals surface area contributed by atoms with E-state index in [2.05, 4.69) is 11.1 Å². The highest BCUT2D eigenvalue weighted by atomic mass is 32.2. The minimum atomic E-state index is -0.242. The molecule has 4 heteroatoms. The molecule has 0 N–H and O–H groups in total. The van der Waals surface area contributed by atoms with Crippen molar-refractivity contribution in [1.82, 2.24) is 4.98 Å². The Labute approximate surface area is 103 Å². The summed E-state index contributed by atoms with van der Waals surface area (Å²) in [5, 5.41) is 8.88. The fourth-order valence-corrected chi connectivity index (χ4v) is 2.23. The van der Waals surface area contributed by atoms with Gasteiger partial charge in [0.1, 0.15) is 17.6 Å². The number of rotatable bonds is 3. The van der Waals surface area contributed by atoms with Crippen LogP contribution in [-0.4, -0.2) is 4.98 Å². The van der Waals surface area contributed by atoms with Gasteiger partial charge in [-0.05, 0) is 35.9 Å². The van der Waals surface area contributed by atoms with Crippen molar-refractivity contribution in [2.75, 3.05) is 0 Å². The normalized spacial score (nSPS) is 9.88. The van der Waals surface area contributed by atoms with Crippen LogP contribution in [0.3, 0.4) is 0 Å². The molecule has 2 nitrogen and oxygen atoms in total. The van der Waals surface area contributed by atoms with E-state index < -0.39 is 0 Å². The second-order valence-corrected chi connectivity index (χ2v) is 4.41. The minimum absolute atomic E-state index is 0.242. The first kappa shape index (κ1) is 11.6. The quantitative estimate of drug-likeness (QED) is 0.776. The molecule has 1 aromatic carbocycles. The average Bonchev–Trinajstić information content (AvgIpc) is 2.38. The highest BCUT2D eigenvalue weighted by Gasteiger charge is 2.03. The van der Waals surface area contributed by atoms with Gasteiger partial charge in [0.05, 0.1) is 0 Å². The molecule has 17 heavy (non-hydrogen) atoms. The van der Waals surface area contributed by atoms with Gasteiger partial charge in [-0.2, -0.15) is 5.26 Å². The fourth-order valence-electron chi connectivity index (χ4n) is 1.35. The van der Waals surface area contributed by atoms with Crippen molar-refractivity contribution in [3.05, 3.63) is 59.7 Å². The summed E-state index contributed by atoms with van der Waals surface area (Å²) >= 11 is 1.55. The van der Waals surface area contributed by atoms with Gasteiger partial charge in [0, 0.05) is 16.8 Å². The molecule has 0 aliphatic rings. The van der Waals surface area contributed by atoms with Gasteiger partial charge in [0.2, 0.25) is 0 Å². The Morgan fingerprint density at radius 3 is 2.71 bits per heavy atom. The molecule has 0 aliphatic carbocycles. The molecule has 0 spiro atoms. The van der Waals surface area contributed by atoms with E-state index in [1.54, 1.807) is 36.2 Å². The highest BCUT2D eigenvalue weighted by Crippen LogP contribution is 2.23. The van der Waals surface area contributed by atoms with Crippen molar-refractivity contribution in [3.8, 4) is 6.07 Å². The standard InChI is InChI=1S/C13H9FN2S/c14-11-3-5-12(6-4-11)17-9-10-2-1-7-16-13(10)8-15/h1-7H,9H2. The molecule has 0 aliphatic heterocycles. The van der Waals surface area contributed by atoms with Gasteiger partial charge in [-0.15, -0.1) is 11.8 Å². The van der Waals surface area contributed by atoms with Crippen molar-refractivity contribution < 1.29 is 4.39 Å². The monoisotopic (exact) mass is 244 g/mol. The molecule has 84 valence electrons. The van der Waals surface area contributed by atoms with E-state index in [9.17, 15) is 4.39 Å². The van der Waals surface area contributed by atoms with E-state index in [1.807, 2.05) is 6.07 Å². The molecule has 0 amide bonds. The summed E-state index contributed by atoms with van der Waals surface area (Å²) in [6, 6.07) is 12.0. The summed E-state index contributed by atoms with van der Waals surface area (Å²) < 4.78 is 12.7. The van der Waals surface area contributed by atoms with Crippen molar-refractivity contribution in [3.63, 3.8) is 0 Å². The van der Waals surface area contributed by atoms with E-state index in [4.69, 9.17) is 5.26 Å². The zero-order valence-electron chi connectivity index (χ0n) is 8.93. The maximum atomic E-state index is 12.7. The van der Waals surface area contributed by atoms with E-state index in [1.165, 1.54) is 12.1 Å². The number of hydrogen-bond acceptors (Lipinski definition) is 3. The topological polar surface area (TPSA) is 36.7 Å². The Bertz CT molecular complexity index is 546. The van der Waals surface area contributed by atoms with Crippen LogP contribution in [0.5, 0.6) is 0 Å². The van der Waals surface area contributed by atoms with Crippen LogP contribution in [0.2, 0.25) is 0 Å². The number of pyridine rings is 1. The van der Waals surface area contributed by atoms with Crippen molar-refractivity contribution >= 4 is 11.8 Å². The lowest BCUT2D eigenvalue weighted by atomic mass is 10.2. The lowest BCUT2D eigenvalue weighted by Gasteiger charge is -2.03. The zero-order chi connectivity index (χ0) is 12.1. The second-order valence-electron chi connectivity index (χ2n) is 3.37. The molecule has 2 aromatic rings. The third kappa shape index (κ3) is 3.05. The van der Waals surface area contributed by atoms with E-state index in [0.29, 0.717) is 11.4 Å². The third-order valence-corrected chi connectivity index (χ3v) is 3.27. The average molecular weight is 244 g/mol. The SMILES string of the molecule is N#Cc1ncccc1CSc1ccc(F)cc1. The molecule has 0 saturated heterocycles. The summed E-state index contributed by atoms with van der Waals surface area (Å²) in [5.41, 5.74) is 1.34.